The van der Waals surface area contributed by atoms with Crippen LogP contribution in [0.4, 0.5) is 0 Å². The summed E-state index contributed by atoms with van der Waals surface area (Å²) in [4.78, 5) is 13.0. The molecule has 0 saturated heterocycles. The molecule has 0 aliphatic heterocycles. The molecule has 0 spiro atoms. The first kappa shape index (κ1) is 8.53. The van der Waals surface area contributed by atoms with Crippen LogP contribution >= 0.6 is 0 Å². The van der Waals surface area contributed by atoms with Crippen molar-refractivity contribution in [3.05, 3.63) is 0 Å². The minimum absolute atomic E-state index is 0.194. The molecule has 2 N–H and O–H groups in total. The van der Waals surface area contributed by atoms with E-state index < -0.39 is 0 Å². The van der Waals surface area contributed by atoms with Crippen molar-refractivity contribution >= 4 is 5.91 Å². The van der Waals surface area contributed by atoms with Crippen molar-refractivity contribution in [3.63, 3.8) is 0 Å². The van der Waals surface area contributed by atoms with Gasteiger partial charge < -0.3 is 10.6 Å². The third-order valence-corrected chi connectivity index (χ3v) is 2.26. The second kappa shape index (κ2) is 3.22. The molecule has 0 heterocycles. The first-order valence-electron chi connectivity index (χ1n) is 4.08. The molecular weight excluding hydrogens is 140 g/mol. The molecule has 0 aromatic carbocycles. The smallest absolute Gasteiger partial charge is 0.225 e. The van der Waals surface area contributed by atoms with Gasteiger partial charge in [0.15, 0.2) is 0 Å². The van der Waals surface area contributed by atoms with Crippen molar-refractivity contribution < 1.29 is 4.79 Å². The molecule has 11 heavy (non-hydrogen) atoms. The minimum atomic E-state index is 0.194. The highest BCUT2D eigenvalue weighted by atomic mass is 16.2. The molecule has 0 bridgehead atoms. The van der Waals surface area contributed by atoms with Crippen molar-refractivity contribution in [1.82, 2.24) is 4.90 Å². The van der Waals surface area contributed by atoms with E-state index in [1.807, 2.05) is 0 Å². The first-order chi connectivity index (χ1) is 5.11. The molecule has 0 radical (unpaired) electrons. The van der Waals surface area contributed by atoms with Gasteiger partial charge in [0.05, 0.1) is 0 Å². The van der Waals surface area contributed by atoms with Gasteiger partial charge in [0.2, 0.25) is 5.91 Å². The van der Waals surface area contributed by atoms with Crippen molar-refractivity contribution in [2.45, 2.75) is 25.3 Å². The zero-order chi connectivity index (χ0) is 8.43. The Labute approximate surface area is 67.5 Å². The number of carbonyl (C=O) groups is 1. The van der Waals surface area contributed by atoms with E-state index in [-0.39, 0.29) is 17.9 Å². The summed E-state index contributed by atoms with van der Waals surface area (Å²) in [6.07, 6.45) is 2.85. The van der Waals surface area contributed by atoms with Gasteiger partial charge >= 0.3 is 0 Å². The zero-order valence-electron chi connectivity index (χ0n) is 7.21. The van der Waals surface area contributed by atoms with Gasteiger partial charge in [0, 0.05) is 26.1 Å². The summed E-state index contributed by atoms with van der Waals surface area (Å²) in [7, 11) is 3.60. The number of hydrogen-bond donors (Lipinski definition) is 1. The Morgan fingerprint density at radius 3 is 2.45 bits per heavy atom. The molecule has 1 saturated carbocycles. The summed E-state index contributed by atoms with van der Waals surface area (Å²) in [5.74, 6) is 0.429. The summed E-state index contributed by atoms with van der Waals surface area (Å²) in [6.45, 7) is 0. The molecule has 3 nitrogen and oxygen atoms in total. The van der Waals surface area contributed by atoms with E-state index in [0.29, 0.717) is 0 Å². The Bertz CT molecular complexity index is 156. The number of amides is 1. The largest absolute Gasteiger partial charge is 0.349 e. The van der Waals surface area contributed by atoms with E-state index in [1.165, 1.54) is 0 Å². The number of hydrogen-bond acceptors (Lipinski definition) is 2. The molecule has 64 valence electrons. The van der Waals surface area contributed by atoms with Crippen LogP contribution in [0.15, 0.2) is 0 Å². The molecule has 1 aliphatic carbocycles. The lowest BCUT2D eigenvalue weighted by molar-refractivity contribution is -0.132. The predicted octanol–water partition coefficient (Wildman–Crippen LogP) is 0.202. The Balaban J connectivity index is 2.43. The van der Waals surface area contributed by atoms with Crippen molar-refractivity contribution in [3.8, 4) is 0 Å². The fraction of sp³-hybridized carbons (Fsp3) is 0.875. The van der Waals surface area contributed by atoms with Crippen LogP contribution in [0.1, 0.15) is 19.3 Å². The van der Waals surface area contributed by atoms with Gasteiger partial charge in [-0.1, -0.05) is 0 Å². The highest BCUT2D eigenvalue weighted by molar-refractivity contribution is 5.78. The zero-order valence-corrected chi connectivity index (χ0v) is 7.21. The summed E-state index contributed by atoms with van der Waals surface area (Å²) >= 11 is 0. The van der Waals surface area contributed by atoms with Gasteiger partial charge in [-0.25, -0.2) is 0 Å². The van der Waals surface area contributed by atoms with Gasteiger partial charge in [0.1, 0.15) is 0 Å². The van der Waals surface area contributed by atoms with Gasteiger partial charge in [-0.2, -0.15) is 0 Å². The molecule has 3 heteroatoms. The summed E-state index contributed by atoms with van der Waals surface area (Å²) < 4.78 is 0. The molecule has 1 fully saturated rings. The average molecular weight is 156 g/mol. The standard InChI is InChI=1S/C8H16N2O/c1-10(2)8(11)6-3-4-7(9)5-6/h6-7H,3-5,9H2,1-2H3/t6-,7+/m1/s1. The van der Waals surface area contributed by atoms with Crippen LogP contribution in [0.2, 0.25) is 0 Å². The maximum absolute atomic E-state index is 11.4. The average Bonchev–Trinajstić information content (AvgIpc) is 2.34. The fourth-order valence-corrected chi connectivity index (χ4v) is 1.61. The third-order valence-electron chi connectivity index (χ3n) is 2.26. The van der Waals surface area contributed by atoms with Crippen LogP contribution in [0, 0.1) is 5.92 Å². The van der Waals surface area contributed by atoms with Crippen LogP contribution < -0.4 is 5.73 Å². The molecule has 0 unspecified atom stereocenters. The SMILES string of the molecule is CN(C)C(=O)[C@@H]1CC[C@H](N)C1. The lowest BCUT2D eigenvalue weighted by Crippen LogP contribution is -2.29. The van der Waals surface area contributed by atoms with E-state index >= 15 is 0 Å². The molecule has 1 rings (SSSR count). The van der Waals surface area contributed by atoms with E-state index in [2.05, 4.69) is 0 Å². The predicted molar refractivity (Wildman–Crippen MR) is 44.0 cm³/mol. The number of rotatable bonds is 1. The van der Waals surface area contributed by atoms with Gasteiger partial charge in [-0.15, -0.1) is 0 Å². The van der Waals surface area contributed by atoms with Gasteiger partial charge in [0.25, 0.3) is 0 Å². The maximum atomic E-state index is 11.4. The molecular formula is C8H16N2O. The highest BCUT2D eigenvalue weighted by Crippen LogP contribution is 2.25. The van der Waals surface area contributed by atoms with Crippen molar-refractivity contribution in [2.75, 3.05) is 14.1 Å². The Morgan fingerprint density at radius 2 is 2.09 bits per heavy atom. The summed E-state index contributed by atoms with van der Waals surface area (Å²) in [5, 5.41) is 0. The summed E-state index contributed by atoms with van der Waals surface area (Å²) in [6, 6.07) is 0.254. The van der Waals surface area contributed by atoms with Gasteiger partial charge in [-0.05, 0) is 19.3 Å². The van der Waals surface area contributed by atoms with Crippen LogP contribution in [0.25, 0.3) is 0 Å². The fourth-order valence-electron chi connectivity index (χ4n) is 1.61. The second-order valence-electron chi connectivity index (χ2n) is 3.50. The van der Waals surface area contributed by atoms with E-state index in [0.717, 1.165) is 19.3 Å². The van der Waals surface area contributed by atoms with Crippen LogP contribution in [0.3, 0.4) is 0 Å². The van der Waals surface area contributed by atoms with Crippen LogP contribution in [-0.2, 0) is 4.79 Å². The lowest BCUT2D eigenvalue weighted by Gasteiger charge is -2.15. The van der Waals surface area contributed by atoms with E-state index in [4.69, 9.17) is 5.73 Å². The topological polar surface area (TPSA) is 46.3 Å². The Hall–Kier alpha value is -0.570. The second-order valence-corrected chi connectivity index (χ2v) is 3.50. The van der Waals surface area contributed by atoms with Crippen LogP contribution in [-0.4, -0.2) is 30.9 Å². The van der Waals surface area contributed by atoms with Gasteiger partial charge in [-0.3, -0.25) is 4.79 Å². The lowest BCUT2D eigenvalue weighted by atomic mass is 10.1. The van der Waals surface area contributed by atoms with Crippen molar-refractivity contribution in [2.24, 2.45) is 11.7 Å². The summed E-state index contributed by atoms with van der Waals surface area (Å²) in [5.41, 5.74) is 5.69. The molecule has 1 amide bonds. The maximum Gasteiger partial charge on any atom is 0.225 e. The Morgan fingerprint density at radius 1 is 1.45 bits per heavy atom. The van der Waals surface area contributed by atoms with Crippen LogP contribution in [0.5, 0.6) is 0 Å². The quantitative estimate of drug-likeness (QED) is 0.589. The molecule has 1 aliphatic rings. The molecule has 0 aromatic rings. The molecule has 0 aromatic heterocycles. The normalized spacial score (nSPS) is 30.5. The molecule has 2 atom stereocenters. The highest BCUT2D eigenvalue weighted by Gasteiger charge is 2.28. The van der Waals surface area contributed by atoms with E-state index in [9.17, 15) is 4.79 Å². The first-order valence-corrected chi connectivity index (χ1v) is 4.08. The third kappa shape index (κ3) is 1.93. The van der Waals surface area contributed by atoms with E-state index in [1.54, 1.807) is 19.0 Å². The number of nitrogens with two attached hydrogens (primary N) is 1. The monoisotopic (exact) mass is 156 g/mol. The Kier molecular flexibility index (Phi) is 2.49. The number of nitrogens with zero attached hydrogens (tertiary/aromatic N) is 1. The van der Waals surface area contributed by atoms with Crippen molar-refractivity contribution in [1.29, 1.82) is 0 Å². The minimum Gasteiger partial charge on any atom is -0.349 e. The number of carbonyl (C=O) groups excluding carboxylic acids is 1.